The van der Waals surface area contributed by atoms with Gasteiger partial charge in [-0.2, -0.15) is 0 Å². The Morgan fingerprint density at radius 2 is 2.25 bits per heavy atom. The SMILES string of the molecule is CC(=O)c1ccc(O)c(NN)c1. The topological polar surface area (TPSA) is 75.3 Å². The Labute approximate surface area is 70.0 Å². The van der Waals surface area contributed by atoms with Gasteiger partial charge in [-0.05, 0) is 25.1 Å². The van der Waals surface area contributed by atoms with Crippen LogP contribution in [0.5, 0.6) is 5.75 Å². The van der Waals surface area contributed by atoms with E-state index in [0.29, 0.717) is 11.3 Å². The molecule has 0 aliphatic heterocycles. The Kier molecular flexibility index (Phi) is 2.30. The summed E-state index contributed by atoms with van der Waals surface area (Å²) in [4.78, 5) is 10.9. The highest BCUT2D eigenvalue weighted by Gasteiger charge is 2.03. The third kappa shape index (κ3) is 1.54. The first-order valence-corrected chi connectivity index (χ1v) is 3.45. The van der Waals surface area contributed by atoms with Gasteiger partial charge in [0.25, 0.3) is 0 Å². The third-order valence-corrected chi connectivity index (χ3v) is 1.56. The van der Waals surface area contributed by atoms with Crippen molar-refractivity contribution in [1.29, 1.82) is 0 Å². The number of carbonyl (C=O) groups excluding carboxylic acids is 1. The van der Waals surface area contributed by atoms with E-state index in [1.165, 1.54) is 19.1 Å². The molecule has 0 aliphatic rings. The van der Waals surface area contributed by atoms with E-state index in [0.717, 1.165) is 0 Å². The summed E-state index contributed by atoms with van der Waals surface area (Å²) in [5.74, 6) is 5.07. The van der Waals surface area contributed by atoms with Crippen LogP contribution in [0.25, 0.3) is 0 Å². The van der Waals surface area contributed by atoms with Crippen molar-refractivity contribution in [3.63, 3.8) is 0 Å². The van der Waals surface area contributed by atoms with Crippen molar-refractivity contribution < 1.29 is 9.90 Å². The fourth-order valence-electron chi connectivity index (χ4n) is 0.871. The number of ketones is 1. The smallest absolute Gasteiger partial charge is 0.159 e. The Hall–Kier alpha value is -1.55. The first kappa shape index (κ1) is 8.55. The van der Waals surface area contributed by atoms with Crippen molar-refractivity contribution in [2.75, 3.05) is 5.43 Å². The highest BCUT2D eigenvalue weighted by atomic mass is 16.3. The molecule has 0 radical (unpaired) electrons. The molecule has 0 unspecified atom stereocenters. The zero-order valence-corrected chi connectivity index (χ0v) is 6.66. The molecule has 0 amide bonds. The number of aromatic hydroxyl groups is 1. The van der Waals surface area contributed by atoms with E-state index in [1.807, 2.05) is 0 Å². The second-order valence-electron chi connectivity index (χ2n) is 2.43. The number of carbonyl (C=O) groups is 1. The molecule has 1 aromatic carbocycles. The number of hydrogen-bond donors (Lipinski definition) is 3. The lowest BCUT2D eigenvalue weighted by molar-refractivity contribution is 0.101. The number of benzene rings is 1. The van der Waals surface area contributed by atoms with Gasteiger partial charge in [-0.3, -0.25) is 10.6 Å². The highest BCUT2D eigenvalue weighted by molar-refractivity contribution is 5.95. The molecule has 1 aromatic rings. The molecule has 12 heavy (non-hydrogen) atoms. The number of rotatable bonds is 2. The second kappa shape index (κ2) is 3.23. The van der Waals surface area contributed by atoms with Crippen LogP contribution >= 0.6 is 0 Å². The maximum Gasteiger partial charge on any atom is 0.159 e. The summed E-state index contributed by atoms with van der Waals surface area (Å²) in [5.41, 5.74) is 3.15. The lowest BCUT2D eigenvalue weighted by atomic mass is 10.1. The van der Waals surface area contributed by atoms with E-state index in [9.17, 15) is 4.79 Å². The molecule has 64 valence electrons. The van der Waals surface area contributed by atoms with Gasteiger partial charge in [0.05, 0.1) is 5.69 Å². The van der Waals surface area contributed by atoms with E-state index in [2.05, 4.69) is 5.43 Å². The molecule has 4 nitrogen and oxygen atoms in total. The minimum atomic E-state index is -0.0634. The van der Waals surface area contributed by atoms with E-state index in [-0.39, 0.29) is 11.5 Å². The zero-order chi connectivity index (χ0) is 9.14. The van der Waals surface area contributed by atoms with Gasteiger partial charge in [0.1, 0.15) is 5.75 Å². The molecule has 1 rings (SSSR count). The van der Waals surface area contributed by atoms with E-state index < -0.39 is 0 Å². The van der Waals surface area contributed by atoms with Crippen LogP contribution in [0.4, 0.5) is 5.69 Å². The molecule has 0 atom stereocenters. The van der Waals surface area contributed by atoms with Gasteiger partial charge in [-0.25, -0.2) is 0 Å². The van der Waals surface area contributed by atoms with Crippen molar-refractivity contribution in [2.24, 2.45) is 5.84 Å². The number of phenolic OH excluding ortho intramolecular Hbond substituents is 1. The fraction of sp³-hybridized carbons (Fsp3) is 0.125. The fourth-order valence-corrected chi connectivity index (χ4v) is 0.871. The normalized spacial score (nSPS) is 9.50. The minimum Gasteiger partial charge on any atom is -0.506 e. The summed E-state index contributed by atoms with van der Waals surface area (Å²) >= 11 is 0. The number of Topliss-reactive ketones (excluding diaryl/α,β-unsaturated/α-hetero) is 1. The number of phenols is 1. The van der Waals surface area contributed by atoms with Crippen LogP contribution in [0.15, 0.2) is 18.2 Å². The van der Waals surface area contributed by atoms with Gasteiger partial charge in [-0.1, -0.05) is 0 Å². The number of hydrogen-bond acceptors (Lipinski definition) is 4. The molecular weight excluding hydrogens is 156 g/mol. The van der Waals surface area contributed by atoms with E-state index in [4.69, 9.17) is 10.9 Å². The van der Waals surface area contributed by atoms with Crippen LogP contribution in [0, 0.1) is 0 Å². The average Bonchev–Trinajstić information content (AvgIpc) is 2.05. The number of nitrogens with one attached hydrogen (secondary N) is 1. The van der Waals surface area contributed by atoms with Gasteiger partial charge >= 0.3 is 0 Å². The standard InChI is InChI=1S/C8H10N2O2/c1-5(11)6-2-3-8(12)7(4-6)10-9/h2-4,10,12H,9H2,1H3. The summed E-state index contributed by atoms with van der Waals surface area (Å²) in [6, 6.07) is 4.46. The number of hydrazine groups is 1. The first-order chi connectivity index (χ1) is 5.65. The zero-order valence-electron chi connectivity index (χ0n) is 6.66. The number of nitrogens with two attached hydrogens (primary N) is 1. The largest absolute Gasteiger partial charge is 0.506 e. The van der Waals surface area contributed by atoms with Crippen LogP contribution in [0.2, 0.25) is 0 Å². The van der Waals surface area contributed by atoms with Crippen molar-refractivity contribution in [2.45, 2.75) is 6.92 Å². The van der Waals surface area contributed by atoms with Gasteiger partial charge in [0, 0.05) is 5.56 Å². The lowest BCUT2D eigenvalue weighted by Crippen LogP contribution is -2.07. The van der Waals surface area contributed by atoms with Crippen LogP contribution in [0.1, 0.15) is 17.3 Å². The van der Waals surface area contributed by atoms with Crippen molar-refractivity contribution in [3.05, 3.63) is 23.8 Å². The Bertz CT molecular complexity index is 310. The van der Waals surface area contributed by atoms with Gasteiger partial charge in [0.2, 0.25) is 0 Å². The number of nitrogen functional groups attached to an aromatic ring is 1. The molecule has 4 N–H and O–H groups in total. The molecule has 0 aromatic heterocycles. The molecule has 0 saturated heterocycles. The van der Waals surface area contributed by atoms with E-state index in [1.54, 1.807) is 6.07 Å². The predicted octanol–water partition coefficient (Wildman–Crippen LogP) is 0.880. The van der Waals surface area contributed by atoms with Crippen LogP contribution in [0.3, 0.4) is 0 Å². The molecule has 0 bridgehead atoms. The molecule has 0 aliphatic carbocycles. The maximum absolute atomic E-state index is 10.9. The maximum atomic E-state index is 10.9. The van der Waals surface area contributed by atoms with Crippen LogP contribution < -0.4 is 11.3 Å². The van der Waals surface area contributed by atoms with Crippen molar-refractivity contribution >= 4 is 11.5 Å². The van der Waals surface area contributed by atoms with Gasteiger partial charge in [0.15, 0.2) is 5.78 Å². The monoisotopic (exact) mass is 166 g/mol. The van der Waals surface area contributed by atoms with Crippen LogP contribution in [-0.4, -0.2) is 10.9 Å². The molecule has 0 saturated carbocycles. The van der Waals surface area contributed by atoms with Crippen LogP contribution in [-0.2, 0) is 0 Å². The first-order valence-electron chi connectivity index (χ1n) is 3.45. The molecule has 0 heterocycles. The highest BCUT2D eigenvalue weighted by Crippen LogP contribution is 2.22. The third-order valence-electron chi connectivity index (χ3n) is 1.56. The summed E-state index contributed by atoms with van der Waals surface area (Å²) in [7, 11) is 0. The Morgan fingerprint density at radius 1 is 1.58 bits per heavy atom. The summed E-state index contributed by atoms with van der Waals surface area (Å²) in [6.07, 6.45) is 0. The Balaban J connectivity index is 3.13. The van der Waals surface area contributed by atoms with Crippen molar-refractivity contribution in [3.8, 4) is 5.75 Å². The van der Waals surface area contributed by atoms with E-state index >= 15 is 0 Å². The molecule has 4 heteroatoms. The number of anilines is 1. The average molecular weight is 166 g/mol. The van der Waals surface area contributed by atoms with Gasteiger partial charge < -0.3 is 10.5 Å². The summed E-state index contributed by atoms with van der Waals surface area (Å²) in [5, 5.41) is 9.16. The second-order valence-corrected chi connectivity index (χ2v) is 2.43. The molecule has 0 spiro atoms. The van der Waals surface area contributed by atoms with Crippen molar-refractivity contribution in [1.82, 2.24) is 0 Å². The molecule has 0 fully saturated rings. The lowest BCUT2D eigenvalue weighted by Gasteiger charge is -2.04. The minimum absolute atomic E-state index is 0.0301. The quantitative estimate of drug-likeness (QED) is 0.264. The summed E-state index contributed by atoms with van der Waals surface area (Å²) < 4.78 is 0. The summed E-state index contributed by atoms with van der Waals surface area (Å²) in [6.45, 7) is 1.45. The Morgan fingerprint density at radius 3 is 2.75 bits per heavy atom. The van der Waals surface area contributed by atoms with Gasteiger partial charge in [-0.15, -0.1) is 0 Å². The predicted molar refractivity (Wildman–Crippen MR) is 45.9 cm³/mol. The molecular formula is C8H10N2O2.